The van der Waals surface area contributed by atoms with Gasteiger partial charge < -0.3 is 25.2 Å². The number of hydrogen-bond acceptors (Lipinski definition) is 3. The molecule has 0 bridgehead atoms. The number of carboxylic acid groups (broad SMARTS) is 1. The zero-order valence-corrected chi connectivity index (χ0v) is 11.3. The van der Waals surface area contributed by atoms with Gasteiger partial charge in [-0.1, -0.05) is 0 Å². The van der Waals surface area contributed by atoms with E-state index in [9.17, 15) is 14.4 Å². The highest BCUT2D eigenvalue weighted by Gasteiger charge is 2.26. The highest BCUT2D eigenvalue weighted by Crippen LogP contribution is 2.17. The quantitative estimate of drug-likeness (QED) is 0.725. The van der Waals surface area contributed by atoms with Crippen molar-refractivity contribution in [2.75, 3.05) is 32.0 Å². The van der Waals surface area contributed by atoms with Crippen LogP contribution in [0.1, 0.15) is 16.2 Å². The van der Waals surface area contributed by atoms with Crippen LogP contribution in [0.15, 0.2) is 6.07 Å². The van der Waals surface area contributed by atoms with E-state index in [0.29, 0.717) is 18.8 Å². The van der Waals surface area contributed by atoms with E-state index in [-0.39, 0.29) is 23.8 Å². The highest BCUT2D eigenvalue weighted by atomic mass is 16.4. The van der Waals surface area contributed by atoms with Crippen molar-refractivity contribution in [2.24, 2.45) is 0 Å². The van der Waals surface area contributed by atoms with Gasteiger partial charge in [0, 0.05) is 25.8 Å². The number of carbonyl (C=O) groups is 3. The number of likely N-dealkylation sites (N-methyl/N-ethyl adjacent to an activating group) is 1. The molecule has 0 spiro atoms. The number of aromatic nitrogens is 1. The second-order valence-electron chi connectivity index (χ2n) is 4.71. The van der Waals surface area contributed by atoms with Crippen LogP contribution in [-0.2, 0) is 4.79 Å². The molecule has 8 heteroatoms. The van der Waals surface area contributed by atoms with Crippen molar-refractivity contribution in [1.29, 1.82) is 0 Å². The molecule has 1 fully saturated rings. The number of urea groups is 1. The number of nitrogens with zero attached hydrogens (tertiary/aromatic N) is 2. The van der Waals surface area contributed by atoms with Crippen molar-refractivity contribution in [1.82, 2.24) is 14.8 Å². The minimum absolute atomic E-state index is 0.00581. The van der Waals surface area contributed by atoms with Crippen LogP contribution in [0.3, 0.4) is 0 Å². The molecular formula is C12H16N4O4. The van der Waals surface area contributed by atoms with Gasteiger partial charge in [-0.15, -0.1) is 0 Å². The summed E-state index contributed by atoms with van der Waals surface area (Å²) < 4.78 is 0. The summed E-state index contributed by atoms with van der Waals surface area (Å²) in [4.78, 5) is 40.2. The molecule has 1 aromatic rings. The molecule has 1 saturated heterocycles. The molecule has 8 nitrogen and oxygen atoms in total. The van der Waals surface area contributed by atoms with Crippen molar-refractivity contribution in [2.45, 2.75) is 6.92 Å². The lowest BCUT2D eigenvalue weighted by Gasteiger charge is -2.31. The number of nitrogens with one attached hydrogen (secondary N) is 2. The lowest BCUT2D eigenvalue weighted by atomic mass is 10.3. The molecule has 20 heavy (non-hydrogen) atoms. The molecule has 3 amide bonds. The Balaban J connectivity index is 2.08. The molecule has 0 saturated carbocycles. The summed E-state index contributed by atoms with van der Waals surface area (Å²) >= 11 is 0. The average Bonchev–Trinajstić information content (AvgIpc) is 2.73. The summed E-state index contributed by atoms with van der Waals surface area (Å²) in [5, 5.41) is 11.5. The average molecular weight is 280 g/mol. The van der Waals surface area contributed by atoms with E-state index in [1.807, 2.05) is 0 Å². The first-order valence-electron chi connectivity index (χ1n) is 6.11. The molecule has 0 atom stereocenters. The number of amides is 3. The molecule has 108 valence electrons. The minimum Gasteiger partial charge on any atom is -0.477 e. The Bertz CT molecular complexity index is 566. The molecule has 0 unspecified atom stereocenters. The van der Waals surface area contributed by atoms with E-state index in [0.717, 1.165) is 0 Å². The van der Waals surface area contributed by atoms with Gasteiger partial charge in [0.1, 0.15) is 12.2 Å². The Kier molecular flexibility index (Phi) is 3.64. The van der Waals surface area contributed by atoms with E-state index in [1.54, 1.807) is 24.9 Å². The molecule has 0 aromatic carbocycles. The maximum absolute atomic E-state index is 12.0. The third-order valence-corrected chi connectivity index (χ3v) is 3.15. The van der Waals surface area contributed by atoms with Gasteiger partial charge in [0.15, 0.2) is 0 Å². The van der Waals surface area contributed by atoms with Crippen LogP contribution in [0.5, 0.6) is 0 Å². The summed E-state index contributed by atoms with van der Waals surface area (Å²) in [6.07, 6.45) is 0. The van der Waals surface area contributed by atoms with Crippen molar-refractivity contribution < 1.29 is 19.5 Å². The van der Waals surface area contributed by atoms with Crippen LogP contribution in [0.4, 0.5) is 10.5 Å². The van der Waals surface area contributed by atoms with E-state index in [2.05, 4.69) is 10.3 Å². The topological polar surface area (TPSA) is 106 Å². The molecule has 0 radical (unpaired) electrons. The fraction of sp³-hybridized carbons (Fsp3) is 0.417. The standard InChI is InChI=1S/C12H16N4O4/c1-7-5-8(10(13-7)11(18)19)14-12(20)16-4-3-15(2)9(17)6-16/h5,13H,3-4,6H2,1-2H3,(H,14,20)(H,18,19). The number of aromatic amines is 1. The third kappa shape index (κ3) is 2.73. The van der Waals surface area contributed by atoms with Crippen molar-refractivity contribution in [3.8, 4) is 0 Å². The second-order valence-corrected chi connectivity index (χ2v) is 4.71. The lowest BCUT2D eigenvalue weighted by molar-refractivity contribution is -0.133. The highest BCUT2D eigenvalue weighted by molar-refractivity contribution is 6.00. The predicted octanol–water partition coefficient (Wildman–Crippen LogP) is 0.327. The van der Waals surface area contributed by atoms with Gasteiger partial charge in [0.05, 0.1) is 5.69 Å². The van der Waals surface area contributed by atoms with Gasteiger partial charge in [-0.25, -0.2) is 9.59 Å². The first kappa shape index (κ1) is 13.9. The van der Waals surface area contributed by atoms with Gasteiger partial charge in [0.2, 0.25) is 5.91 Å². The largest absolute Gasteiger partial charge is 0.477 e. The van der Waals surface area contributed by atoms with Crippen LogP contribution in [-0.4, -0.2) is 64.5 Å². The SMILES string of the molecule is Cc1cc(NC(=O)N2CCN(C)C(=O)C2)c(C(=O)O)[nH]1. The van der Waals surface area contributed by atoms with Crippen molar-refractivity contribution >= 4 is 23.6 Å². The number of hydrogen-bond donors (Lipinski definition) is 3. The summed E-state index contributed by atoms with van der Waals surface area (Å²) in [7, 11) is 1.68. The fourth-order valence-corrected chi connectivity index (χ4v) is 1.98. The lowest BCUT2D eigenvalue weighted by Crippen LogP contribution is -2.51. The number of carbonyl (C=O) groups excluding carboxylic acids is 2. The normalized spacial score (nSPS) is 15.4. The first-order chi connectivity index (χ1) is 9.38. The minimum atomic E-state index is -1.15. The fourth-order valence-electron chi connectivity index (χ4n) is 1.98. The van der Waals surface area contributed by atoms with Gasteiger partial charge >= 0.3 is 12.0 Å². The van der Waals surface area contributed by atoms with Crippen LogP contribution in [0, 0.1) is 6.92 Å². The number of piperazine rings is 1. The molecule has 1 aliphatic rings. The molecule has 1 aromatic heterocycles. The molecule has 2 rings (SSSR count). The number of rotatable bonds is 2. The predicted molar refractivity (Wildman–Crippen MR) is 70.7 cm³/mol. The van der Waals surface area contributed by atoms with Gasteiger partial charge in [-0.2, -0.15) is 0 Å². The summed E-state index contributed by atoms with van der Waals surface area (Å²) in [6, 6.07) is 1.06. The molecule has 3 N–H and O–H groups in total. The van der Waals surface area contributed by atoms with Crippen LogP contribution in [0.25, 0.3) is 0 Å². The molecule has 0 aliphatic carbocycles. The van der Waals surface area contributed by atoms with Crippen molar-refractivity contribution in [3.63, 3.8) is 0 Å². The van der Waals surface area contributed by atoms with E-state index >= 15 is 0 Å². The van der Waals surface area contributed by atoms with Gasteiger partial charge in [0.25, 0.3) is 0 Å². The van der Waals surface area contributed by atoms with Gasteiger partial charge in [-0.05, 0) is 13.0 Å². The van der Waals surface area contributed by atoms with Crippen LogP contribution >= 0.6 is 0 Å². The Morgan fingerprint density at radius 1 is 1.40 bits per heavy atom. The van der Waals surface area contributed by atoms with E-state index in [4.69, 9.17) is 5.11 Å². The Morgan fingerprint density at radius 2 is 2.10 bits per heavy atom. The number of H-pyrrole nitrogens is 1. The van der Waals surface area contributed by atoms with E-state index in [1.165, 1.54) is 4.90 Å². The van der Waals surface area contributed by atoms with Crippen molar-refractivity contribution in [3.05, 3.63) is 17.5 Å². The molecule has 2 heterocycles. The molecular weight excluding hydrogens is 264 g/mol. The number of carboxylic acids is 1. The second kappa shape index (κ2) is 5.24. The Morgan fingerprint density at radius 3 is 2.70 bits per heavy atom. The summed E-state index contributed by atoms with van der Waals surface area (Å²) in [6.45, 7) is 2.57. The van der Waals surface area contributed by atoms with Crippen LogP contribution in [0.2, 0.25) is 0 Å². The maximum atomic E-state index is 12.0. The Labute approximate surface area is 115 Å². The van der Waals surface area contributed by atoms with Gasteiger partial charge in [-0.3, -0.25) is 4.79 Å². The Hall–Kier alpha value is -2.51. The third-order valence-electron chi connectivity index (χ3n) is 3.15. The maximum Gasteiger partial charge on any atom is 0.354 e. The van der Waals surface area contributed by atoms with Crippen LogP contribution < -0.4 is 5.32 Å². The number of anilines is 1. The summed E-state index contributed by atoms with van der Waals surface area (Å²) in [5.41, 5.74) is 0.759. The zero-order chi connectivity index (χ0) is 14.9. The number of aryl methyl sites for hydroxylation is 1. The molecule has 1 aliphatic heterocycles. The summed E-state index contributed by atoms with van der Waals surface area (Å²) in [5.74, 6) is -1.29. The first-order valence-corrected chi connectivity index (χ1v) is 6.11. The van der Waals surface area contributed by atoms with E-state index < -0.39 is 12.0 Å². The smallest absolute Gasteiger partial charge is 0.354 e. The monoisotopic (exact) mass is 280 g/mol. The number of aromatic carboxylic acids is 1. The zero-order valence-electron chi connectivity index (χ0n) is 11.3.